The van der Waals surface area contributed by atoms with Crippen molar-refractivity contribution in [1.29, 1.82) is 0 Å². The third-order valence-electron chi connectivity index (χ3n) is 12.2. The number of methoxy groups -OCH3 is 2. The van der Waals surface area contributed by atoms with Crippen LogP contribution < -0.4 is 5.32 Å². The van der Waals surface area contributed by atoms with E-state index in [1.807, 2.05) is 49.8 Å². The summed E-state index contributed by atoms with van der Waals surface area (Å²) in [6, 6.07) is 21.2. The molecule has 3 aromatic carbocycles. The lowest BCUT2D eigenvalue weighted by Crippen LogP contribution is -2.52. The number of rotatable bonds is 11. The van der Waals surface area contributed by atoms with Crippen LogP contribution in [0.4, 0.5) is 9.59 Å². The first kappa shape index (κ1) is 42.9. The molecule has 4 amide bonds. The lowest BCUT2D eigenvalue weighted by Gasteiger charge is -2.34. The Bertz CT molecular complexity index is 2370. The average molecular weight is 831 g/mol. The average Bonchev–Trinajstić information content (AvgIpc) is 4.07. The van der Waals surface area contributed by atoms with E-state index in [-0.39, 0.29) is 47.6 Å². The minimum Gasteiger partial charge on any atom is -0.453 e. The van der Waals surface area contributed by atoms with Gasteiger partial charge in [-0.05, 0) is 76.5 Å². The van der Waals surface area contributed by atoms with Crippen molar-refractivity contribution in [3.05, 3.63) is 84.6 Å². The van der Waals surface area contributed by atoms with Crippen molar-refractivity contribution in [2.75, 3.05) is 34.4 Å². The predicted octanol–water partition coefficient (Wildman–Crippen LogP) is 8.21. The third kappa shape index (κ3) is 8.85. The minimum absolute atomic E-state index is 0.102. The predicted molar refractivity (Wildman–Crippen MR) is 234 cm³/mol. The van der Waals surface area contributed by atoms with E-state index < -0.39 is 24.3 Å². The van der Waals surface area contributed by atoms with Crippen molar-refractivity contribution < 1.29 is 28.7 Å². The summed E-state index contributed by atoms with van der Waals surface area (Å²) in [6.45, 7) is 13.1. The molecule has 4 heterocycles. The number of H-pyrrole nitrogens is 2. The number of carbonyl (C=O) groups is 4. The van der Waals surface area contributed by atoms with Gasteiger partial charge in [0.05, 0.1) is 49.2 Å². The summed E-state index contributed by atoms with van der Waals surface area (Å²) in [7, 11) is 4.23. The summed E-state index contributed by atoms with van der Waals surface area (Å²) in [5.74, 6) is 1.57. The van der Waals surface area contributed by atoms with Gasteiger partial charge >= 0.3 is 12.2 Å². The van der Waals surface area contributed by atoms with Gasteiger partial charge in [0, 0.05) is 20.1 Å². The van der Waals surface area contributed by atoms with E-state index >= 15 is 0 Å². The largest absolute Gasteiger partial charge is 0.453 e. The minimum atomic E-state index is -0.699. The number of ether oxygens (including phenoxy) is 2. The van der Waals surface area contributed by atoms with Gasteiger partial charge in [-0.3, -0.25) is 14.5 Å². The lowest BCUT2D eigenvalue weighted by atomic mass is 9.99. The van der Waals surface area contributed by atoms with Crippen molar-refractivity contribution in [1.82, 2.24) is 40.0 Å². The maximum atomic E-state index is 14.0. The molecule has 14 nitrogen and oxygen atoms in total. The Labute approximate surface area is 357 Å². The molecule has 0 radical (unpaired) electrons. The Morgan fingerprint density at radius 1 is 0.721 bits per heavy atom. The fourth-order valence-electron chi connectivity index (χ4n) is 9.02. The SMILES string of the molecule is COC(=O)N[C@H](C(=O)N1C[C@@H](C)C[C@H]1c1ncc(-c2ccc(-c3ccc(-c4ccc5nc([C@@H]6C[C@H](C)CN6C(=O)C(C(C)C)N(C)C(=O)OC)[nH]c5c4)cc3)cc2)[nH]1)C(C)C. The summed E-state index contributed by atoms with van der Waals surface area (Å²) in [6.07, 6.45) is 2.20. The van der Waals surface area contributed by atoms with Crippen molar-refractivity contribution >= 4 is 35.0 Å². The molecule has 1 unspecified atom stereocenters. The van der Waals surface area contributed by atoms with Crippen LogP contribution >= 0.6 is 0 Å². The van der Waals surface area contributed by atoms with Crippen LogP contribution in [0.25, 0.3) is 44.5 Å². The molecule has 61 heavy (non-hydrogen) atoms. The van der Waals surface area contributed by atoms with E-state index in [0.717, 1.165) is 69.0 Å². The first-order valence-electron chi connectivity index (χ1n) is 21.2. The molecule has 0 spiro atoms. The molecule has 5 aromatic rings. The number of likely N-dealkylation sites (N-methyl/N-ethyl adjacent to an activating group) is 1. The zero-order chi connectivity index (χ0) is 43.7. The molecule has 2 saturated heterocycles. The molecule has 7 rings (SSSR count). The number of hydrogen-bond donors (Lipinski definition) is 3. The molecule has 6 atom stereocenters. The number of nitrogens with one attached hydrogen (secondary N) is 3. The molecule has 322 valence electrons. The van der Waals surface area contributed by atoms with Gasteiger partial charge in [-0.15, -0.1) is 0 Å². The Hall–Kier alpha value is -6.18. The molecule has 0 bridgehead atoms. The molecule has 3 N–H and O–H groups in total. The number of imidazole rings is 2. The van der Waals surface area contributed by atoms with E-state index in [1.54, 1.807) is 7.05 Å². The van der Waals surface area contributed by atoms with Crippen LogP contribution in [0.2, 0.25) is 0 Å². The number of nitrogens with zero attached hydrogens (tertiary/aromatic N) is 5. The molecule has 0 aliphatic carbocycles. The Morgan fingerprint density at radius 3 is 1.82 bits per heavy atom. The van der Waals surface area contributed by atoms with Gasteiger partial charge in [-0.25, -0.2) is 19.6 Å². The Kier molecular flexibility index (Phi) is 12.5. The van der Waals surface area contributed by atoms with Crippen molar-refractivity contribution in [3.63, 3.8) is 0 Å². The van der Waals surface area contributed by atoms with Gasteiger partial charge in [-0.1, -0.05) is 96.1 Å². The molecular weight excluding hydrogens is 773 g/mol. The third-order valence-corrected chi connectivity index (χ3v) is 12.2. The highest BCUT2D eigenvalue weighted by Crippen LogP contribution is 2.38. The van der Waals surface area contributed by atoms with Crippen LogP contribution in [0.15, 0.2) is 72.9 Å². The maximum absolute atomic E-state index is 14.0. The lowest BCUT2D eigenvalue weighted by molar-refractivity contribution is -0.139. The van der Waals surface area contributed by atoms with Crippen LogP contribution in [0.5, 0.6) is 0 Å². The maximum Gasteiger partial charge on any atom is 0.409 e. The molecule has 14 heteroatoms. The molecule has 0 saturated carbocycles. The topological polar surface area (TPSA) is 166 Å². The molecule has 2 fully saturated rings. The fourth-order valence-corrected chi connectivity index (χ4v) is 9.02. The van der Waals surface area contributed by atoms with Crippen LogP contribution in [0.1, 0.15) is 78.1 Å². The number of fused-ring (bicyclic) bond motifs is 1. The second kappa shape index (κ2) is 17.8. The molecule has 2 aliphatic heterocycles. The quantitative estimate of drug-likeness (QED) is 0.120. The number of likely N-dealkylation sites (tertiary alicyclic amines) is 2. The normalized spacial score (nSPS) is 20.0. The first-order chi connectivity index (χ1) is 29.2. The van der Waals surface area contributed by atoms with Gasteiger partial charge < -0.3 is 34.6 Å². The van der Waals surface area contributed by atoms with E-state index in [0.29, 0.717) is 13.1 Å². The number of alkyl carbamates (subject to hydrolysis) is 1. The first-order valence-corrected chi connectivity index (χ1v) is 21.2. The van der Waals surface area contributed by atoms with Gasteiger partial charge in [-0.2, -0.15) is 0 Å². The number of carbonyl (C=O) groups excluding carboxylic acids is 4. The monoisotopic (exact) mass is 830 g/mol. The van der Waals surface area contributed by atoms with Crippen LogP contribution in [0, 0.1) is 23.7 Å². The summed E-state index contributed by atoms with van der Waals surface area (Å²) in [5.41, 5.74) is 7.83. The second-order valence-corrected chi connectivity index (χ2v) is 17.5. The Balaban J connectivity index is 1.04. The summed E-state index contributed by atoms with van der Waals surface area (Å²) in [5, 5.41) is 2.72. The standard InChI is InChI=1S/C47H58N8O6/c1-26(2)40(52-46(58)60-8)44(56)54-24-28(5)20-38(54)42-48-23-37(51-42)33-16-14-31(15-17-33)30-10-12-32(13-11-30)34-18-19-35-36(22-34)50-43(49-35)39-21-29(6)25-55(39)45(57)41(27(3)4)53(7)47(59)61-9/h10-19,22-23,26-29,38-41H,20-21,24-25H2,1-9H3,(H,48,51)(H,49,50)(H,52,58)/t28-,29-,38-,39-,40-,41?/m0/s1. The number of aromatic nitrogens is 4. The van der Waals surface area contributed by atoms with Crippen molar-refractivity contribution in [2.45, 2.75) is 78.6 Å². The van der Waals surface area contributed by atoms with Crippen LogP contribution in [-0.4, -0.2) is 105 Å². The zero-order valence-corrected chi connectivity index (χ0v) is 36.6. The smallest absolute Gasteiger partial charge is 0.409 e. The number of hydrogen-bond acceptors (Lipinski definition) is 8. The zero-order valence-electron chi connectivity index (χ0n) is 36.6. The summed E-state index contributed by atoms with van der Waals surface area (Å²) >= 11 is 0. The van der Waals surface area contributed by atoms with Crippen LogP contribution in [0.3, 0.4) is 0 Å². The van der Waals surface area contributed by atoms with E-state index in [9.17, 15) is 19.2 Å². The van der Waals surface area contributed by atoms with Crippen molar-refractivity contribution in [2.24, 2.45) is 23.7 Å². The Morgan fingerprint density at radius 2 is 1.26 bits per heavy atom. The number of amides is 4. The van der Waals surface area contributed by atoms with Gasteiger partial charge in [0.15, 0.2) is 0 Å². The molecule has 2 aliphatic rings. The highest BCUT2D eigenvalue weighted by Gasteiger charge is 2.43. The summed E-state index contributed by atoms with van der Waals surface area (Å²) < 4.78 is 9.73. The highest BCUT2D eigenvalue weighted by atomic mass is 16.5. The number of aromatic amines is 2. The van der Waals surface area contributed by atoms with E-state index in [1.165, 1.54) is 19.1 Å². The van der Waals surface area contributed by atoms with Crippen LogP contribution in [-0.2, 0) is 19.1 Å². The second-order valence-electron chi connectivity index (χ2n) is 17.5. The van der Waals surface area contributed by atoms with Gasteiger partial charge in [0.25, 0.3) is 0 Å². The highest BCUT2D eigenvalue weighted by molar-refractivity contribution is 5.88. The van der Waals surface area contributed by atoms with Gasteiger partial charge in [0.1, 0.15) is 23.7 Å². The molecular formula is C47H58N8O6. The fraction of sp³-hybridized carbons (Fsp3) is 0.447. The molecule has 2 aromatic heterocycles. The van der Waals surface area contributed by atoms with Crippen molar-refractivity contribution in [3.8, 4) is 33.5 Å². The van der Waals surface area contributed by atoms with Gasteiger partial charge in [0.2, 0.25) is 11.8 Å². The van der Waals surface area contributed by atoms with E-state index in [4.69, 9.17) is 19.4 Å². The van der Waals surface area contributed by atoms with E-state index in [2.05, 4.69) is 89.8 Å². The number of benzene rings is 3. The summed E-state index contributed by atoms with van der Waals surface area (Å²) in [4.78, 5) is 73.9.